The monoisotopic (exact) mass is 212 g/mol. The van der Waals surface area contributed by atoms with E-state index in [9.17, 15) is 0 Å². The lowest BCUT2D eigenvalue weighted by atomic mass is 9.84. The van der Waals surface area contributed by atoms with Gasteiger partial charge in [0.05, 0.1) is 0 Å². The fraction of sp³-hybridized carbons (Fsp3) is 1.00. The topological polar surface area (TPSA) is 0 Å². The maximum atomic E-state index is 2.43. The summed E-state index contributed by atoms with van der Waals surface area (Å²) in [6, 6.07) is 0. The minimum absolute atomic E-state index is 0.913. The molecule has 0 nitrogen and oxygen atoms in total. The minimum atomic E-state index is 0.913. The van der Waals surface area contributed by atoms with Crippen LogP contribution in [0.25, 0.3) is 0 Å². The van der Waals surface area contributed by atoms with Crippen LogP contribution in [-0.2, 0) is 0 Å². The molecule has 0 aliphatic carbocycles. The van der Waals surface area contributed by atoms with Gasteiger partial charge < -0.3 is 0 Å². The fourth-order valence-electron chi connectivity index (χ4n) is 2.59. The lowest BCUT2D eigenvalue weighted by Crippen LogP contribution is -2.09. The third-order valence-electron chi connectivity index (χ3n) is 3.81. The van der Waals surface area contributed by atoms with E-state index >= 15 is 0 Å². The van der Waals surface area contributed by atoms with Gasteiger partial charge in [-0.05, 0) is 42.9 Å². The molecule has 0 aliphatic rings. The highest BCUT2D eigenvalue weighted by Gasteiger charge is 2.13. The number of hydrogen-bond donors (Lipinski definition) is 0. The lowest BCUT2D eigenvalue weighted by Gasteiger charge is -2.21. The first-order valence-corrected chi connectivity index (χ1v) is 6.99. The SMILES string of the molecule is CCC(C)C[C@@H](C)C[C@@H](C)C[C@@H](C)CC. The van der Waals surface area contributed by atoms with E-state index in [0.717, 1.165) is 23.7 Å². The third-order valence-corrected chi connectivity index (χ3v) is 3.81. The van der Waals surface area contributed by atoms with Gasteiger partial charge in [0.1, 0.15) is 0 Å². The summed E-state index contributed by atoms with van der Waals surface area (Å²) in [5.41, 5.74) is 0. The quantitative estimate of drug-likeness (QED) is 0.497. The van der Waals surface area contributed by atoms with Gasteiger partial charge in [0.2, 0.25) is 0 Å². The predicted octanol–water partition coefficient (Wildman–Crippen LogP) is 5.52. The summed E-state index contributed by atoms with van der Waals surface area (Å²) in [5.74, 6) is 3.66. The molecule has 0 N–H and O–H groups in total. The fourth-order valence-corrected chi connectivity index (χ4v) is 2.59. The van der Waals surface area contributed by atoms with Crippen LogP contribution in [0.15, 0.2) is 0 Å². The zero-order valence-electron chi connectivity index (χ0n) is 11.8. The van der Waals surface area contributed by atoms with Crippen molar-refractivity contribution in [2.75, 3.05) is 0 Å². The van der Waals surface area contributed by atoms with E-state index in [0.29, 0.717) is 0 Å². The molecule has 0 bridgehead atoms. The highest BCUT2D eigenvalue weighted by atomic mass is 14.2. The van der Waals surface area contributed by atoms with Gasteiger partial charge in [0.25, 0.3) is 0 Å². The van der Waals surface area contributed by atoms with Crippen LogP contribution in [0.4, 0.5) is 0 Å². The van der Waals surface area contributed by atoms with Crippen molar-refractivity contribution >= 4 is 0 Å². The number of hydrogen-bond acceptors (Lipinski definition) is 0. The normalized spacial score (nSPS) is 19.6. The Hall–Kier alpha value is 0. The largest absolute Gasteiger partial charge is 0.0651 e. The zero-order valence-corrected chi connectivity index (χ0v) is 11.8. The van der Waals surface area contributed by atoms with E-state index in [2.05, 4.69) is 41.5 Å². The second-order valence-corrected chi connectivity index (χ2v) is 5.94. The van der Waals surface area contributed by atoms with Crippen LogP contribution in [0.5, 0.6) is 0 Å². The average Bonchev–Trinajstić information content (AvgIpc) is 2.16. The Kier molecular flexibility index (Phi) is 8.19. The summed E-state index contributed by atoms with van der Waals surface area (Å²) < 4.78 is 0. The standard InChI is InChI=1S/C15H32/c1-7-12(3)9-14(5)11-15(6)10-13(4)8-2/h12-15H,7-11H2,1-6H3/t12-,13?,14-,15+/m0/s1. The molecule has 0 saturated heterocycles. The highest BCUT2D eigenvalue weighted by molar-refractivity contribution is 4.65. The van der Waals surface area contributed by atoms with Gasteiger partial charge in [-0.3, -0.25) is 0 Å². The number of rotatable bonds is 8. The third kappa shape index (κ3) is 7.88. The summed E-state index contributed by atoms with van der Waals surface area (Å²) in [4.78, 5) is 0. The highest BCUT2D eigenvalue weighted by Crippen LogP contribution is 2.25. The van der Waals surface area contributed by atoms with Crippen LogP contribution in [-0.4, -0.2) is 0 Å². The van der Waals surface area contributed by atoms with Crippen molar-refractivity contribution < 1.29 is 0 Å². The van der Waals surface area contributed by atoms with Gasteiger partial charge in [0, 0.05) is 0 Å². The Labute approximate surface area is 97.8 Å². The molecule has 0 radical (unpaired) electrons. The molecular weight excluding hydrogens is 180 g/mol. The van der Waals surface area contributed by atoms with Gasteiger partial charge in [0.15, 0.2) is 0 Å². The van der Waals surface area contributed by atoms with E-state index in [1.807, 2.05) is 0 Å². The summed E-state index contributed by atoms with van der Waals surface area (Å²) >= 11 is 0. The lowest BCUT2D eigenvalue weighted by molar-refractivity contribution is 0.302. The van der Waals surface area contributed by atoms with E-state index in [-0.39, 0.29) is 0 Å². The molecule has 0 heteroatoms. The van der Waals surface area contributed by atoms with Gasteiger partial charge in [-0.25, -0.2) is 0 Å². The molecule has 0 aromatic heterocycles. The van der Waals surface area contributed by atoms with Gasteiger partial charge >= 0.3 is 0 Å². The van der Waals surface area contributed by atoms with Gasteiger partial charge in [-0.2, -0.15) is 0 Å². The average molecular weight is 212 g/mol. The Bertz CT molecular complexity index is 123. The molecule has 92 valence electrons. The molecule has 0 saturated carbocycles. The smallest absolute Gasteiger partial charge is 0.0438 e. The van der Waals surface area contributed by atoms with Crippen LogP contribution >= 0.6 is 0 Å². The van der Waals surface area contributed by atoms with E-state index in [1.54, 1.807) is 0 Å². The molecule has 15 heavy (non-hydrogen) atoms. The van der Waals surface area contributed by atoms with E-state index < -0.39 is 0 Å². The Morgan fingerprint density at radius 1 is 0.533 bits per heavy atom. The van der Waals surface area contributed by atoms with Crippen LogP contribution < -0.4 is 0 Å². The van der Waals surface area contributed by atoms with Crippen molar-refractivity contribution in [3.63, 3.8) is 0 Å². The molecule has 0 aliphatic heterocycles. The van der Waals surface area contributed by atoms with Crippen molar-refractivity contribution in [3.05, 3.63) is 0 Å². The molecular formula is C15H32. The summed E-state index contributed by atoms with van der Waals surface area (Å²) in [6.45, 7) is 14.2. The van der Waals surface area contributed by atoms with Crippen molar-refractivity contribution in [2.45, 2.75) is 73.6 Å². The molecule has 0 fully saturated rings. The molecule has 0 aromatic carbocycles. The molecule has 4 atom stereocenters. The molecule has 0 heterocycles. The second kappa shape index (κ2) is 8.19. The first kappa shape index (κ1) is 15.0. The van der Waals surface area contributed by atoms with Gasteiger partial charge in [-0.15, -0.1) is 0 Å². The maximum Gasteiger partial charge on any atom is -0.0438 e. The van der Waals surface area contributed by atoms with Crippen molar-refractivity contribution in [2.24, 2.45) is 23.7 Å². The summed E-state index contributed by atoms with van der Waals surface area (Å²) in [6.07, 6.45) is 6.94. The van der Waals surface area contributed by atoms with Crippen molar-refractivity contribution in [1.29, 1.82) is 0 Å². The van der Waals surface area contributed by atoms with Crippen LogP contribution in [0.3, 0.4) is 0 Å². The molecule has 0 spiro atoms. The van der Waals surface area contributed by atoms with Crippen LogP contribution in [0.2, 0.25) is 0 Å². The second-order valence-electron chi connectivity index (χ2n) is 5.94. The molecule has 0 amide bonds. The predicted molar refractivity (Wildman–Crippen MR) is 71.1 cm³/mol. The molecule has 1 unspecified atom stereocenters. The van der Waals surface area contributed by atoms with Crippen LogP contribution in [0, 0.1) is 23.7 Å². The summed E-state index contributed by atoms with van der Waals surface area (Å²) in [5, 5.41) is 0. The Balaban J connectivity index is 3.70. The molecule has 0 aromatic rings. The maximum absolute atomic E-state index is 2.43. The first-order valence-electron chi connectivity index (χ1n) is 6.99. The Morgan fingerprint density at radius 2 is 0.800 bits per heavy atom. The first-order chi connectivity index (χ1) is 6.99. The van der Waals surface area contributed by atoms with Crippen molar-refractivity contribution in [3.8, 4) is 0 Å². The molecule has 0 rings (SSSR count). The zero-order chi connectivity index (χ0) is 11.8. The van der Waals surface area contributed by atoms with Crippen LogP contribution in [0.1, 0.15) is 73.6 Å². The van der Waals surface area contributed by atoms with E-state index in [4.69, 9.17) is 0 Å². The van der Waals surface area contributed by atoms with Crippen molar-refractivity contribution in [1.82, 2.24) is 0 Å². The van der Waals surface area contributed by atoms with E-state index in [1.165, 1.54) is 32.1 Å². The summed E-state index contributed by atoms with van der Waals surface area (Å²) in [7, 11) is 0. The minimum Gasteiger partial charge on any atom is -0.0651 e. The van der Waals surface area contributed by atoms with Gasteiger partial charge in [-0.1, -0.05) is 54.4 Å². The Morgan fingerprint density at radius 3 is 1.07 bits per heavy atom.